The Morgan fingerprint density at radius 1 is 0.850 bits per heavy atom. The molecule has 0 radical (unpaired) electrons. The summed E-state index contributed by atoms with van der Waals surface area (Å²) < 4.78 is 3.59. The van der Waals surface area contributed by atoms with Gasteiger partial charge in [0.2, 0.25) is 0 Å². The highest BCUT2D eigenvalue weighted by atomic mass is 16.3. The van der Waals surface area contributed by atoms with Crippen LogP contribution in [0.3, 0.4) is 0 Å². The van der Waals surface area contributed by atoms with Crippen LogP contribution in [0.1, 0.15) is 33.7 Å². The van der Waals surface area contributed by atoms with Gasteiger partial charge in [-0.25, -0.2) is 4.68 Å². The lowest BCUT2D eigenvalue weighted by Gasteiger charge is -2.31. The van der Waals surface area contributed by atoms with Crippen molar-refractivity contribution in [3.8, 4) is 5.69 Å². The maximum atomic E-state index is 12.9. The average Bonchev–Trinajstić information content (AvgIpc) is 3.60. The van der Waals surface area contributed by atoms with Crippen LogP contribution in [0, 0.1) is 0 Å². The molecule has 9 heteroatoms. The van der Waals surface area contributed by atoms with Crippen molar-refractivity contribution in [3.63, 3.8) is 0 Å². The Kier molecular flexibility index (Phi) is 6.79. The molecule has 2 aromatic heterocycles. The first-order valence-corrected chi connectivity index (χ1v) is 13.3. The maximum Gasteiger partial charge on any atom is 0.272 e. The highest BCUT2D eigenvalue weighted by Crippen LogP contribution is 2.25. The summed E-state index contributed by atoms with van der Waals surface area (Å²) in [5.74, 6) is -0.349. The summed E-state index contributed by atoms with van der Waals surface area (Å²) in [6.07, 6.45) is 4.91. The Bertz CT molecular complexity index is 1660. The molecule has 0 bridgehead atoms. The second-order valence-corrected chi connectivity index (χ2v) is 10.1. The molecule has 3 aromatic carbocycles. The maximum absolute atomic E-state index is 12.9. The van der Waals surface area contributed by atoms with Crippen LogP contribution in [0.2, 0.25) is 0 Å². The summed E-state index contributed by atoms with van der Waals surface area (Å²) in [4.78, 5) is 27.6. The van der Waals surface area contributed by atoms with Gasteiger partial charge in [0.25, 0.3) is 11.8 Å². The number of aromatic nitrogens is 3. The molecule has 2 amide bonds. The predicted octanol–water partition coefficient (Wildman–Crippen LogP) is 4.83. The molecule has 1 aliphatic heterocycles. The van der Waals surface area contributed by atoms with Crippen molar-refractivity contribution in [1.82, 2.24) is 14.3 Å². The van der Waals surface area contributed by atoms with E-state index in [1.807, 2.05) is 90.7 Å². The van der Waals surface area contributed by atoms with Gasteiger partial charge in [-0.2, -0.15) is 5.10 Å². The Morgan fingerprint density at radius 3 is 2.23 bits per heavy atom. The molecule has 5 aromatic rings. The standard InChI is InChI=1S/C31H30N6O3/c1-35-16-2-3-29(35)31(40)33-23-6-11-26(12-7-23)37-28-13-8-24(19-22(28)20-32-37)34-30(39)21-4-9-25(10-5-21)36-17-14-27(38)15-18-36/h2-13,16,19-20,27,38H,14-15,17-18H2,1H3,(H,33,40)(H,34,39). The molecule has 0 spiro atoms. The predicted molar refractivity (Wildman–Crippen MR) is 156 cm³/mol. The van der Waals surface area contributed by atoms with Crippen molar-refractivity contribution in [2.24, 2.45) is 7.05 Å². The third-order valence-corrected chi connectivity index (χ3v) is 7.33. The van der Waals surface area contributed by atoms with Gasteiger partial charge < -0.3 is 25.2 Å². The second kappa shape index (κ2) is 10.7. The molecule has 0 unspecified atom stereocenters. The smallest absolute Gasteiger partial charge is 0.272 e. The summed E-state index contributed by atoms with van der Waals surface area (Å²) in [6.45, 7) is 1.63. The van der Waals surface area contributed by atoms with Crippen molar-refractivity contribution < 1.29 is 14.7 Å². The quantitative estimate of drug-likeness (QED) is 0.290. The fourth-order valence-corrected chi connectivity index (χ4v) is 5.05. The minimum atomic E-state index is -0.217. The van der Waals surface area contributed by atoms with E-state index >= 15 is 0 Å². The number of aliphatic hydroxyl groups is 1. The van der Waals surface area contributed by atoms with Crippen molar-refractivity contribution >= 4 is 39.8 Å². The molecular formula is C31H30N6O3. The molecule has 1 aliphatic rings. The van der Waals surface area contributed by atoms with E-state index in [0.717, 1.165) is 48.2 Å². The number of amides is 2. The molecule has 9 nitrogen and oxygen atoms in total. The van der Waals surface area contributed by atoms with E-state index in [1.54, 1.807) is 16.8 Å². The molecule has 0 aliphatic carbocycles. The first kappa shape index (κ1) is 25.4. The van der Waals surface area contributed by atoms with Gasteiger partial charge >= 0.3 is 0 Å². The third-order valence-electron chi connectivity index (χ3n) is 7.33. The number of piperidine rings is 1. The molecule has 1 saturated heterocycles. The van der Waals surface area contributed by atoms with E-state index < -0.39 is 0 Å². The number of aliphatic hydroxyl groups excluding tert-OH is 1. The van der Waals surface area contributed by atoms with Crippen molar-refractivity contribution in [2.75, 3.05) is 28.6 Å². The number of carbonyl (C=O) groups excluding carboxylic acids is 2. The van der Waals surface area contributed by atoms with Crippen LogP contribution in [0.5, 0.6) is 0 Å². The van der Waals surface area contributed by atoms with Gasteiger partial charge in [0.15, 0.2) is 0 Å². The van der Waals surface area contributed by atoms with Crippen LogP contribution < -0.4 is 15.5 Å². The van der Waals surface area contributed by atoms with Crippen LogP contribution in [0.4, 0.5) is 17.1 Å². The first-order chi connectivity index (χ1) is 19.4. The Morgan fingerprint density at radius 2 is 1.52 bits per heavy atom. The fraction of sp³-hybridized carbons (Fsp3) is 0.194. The lowest BCUT2D eigenvalue weighted by Crippen LogP contribution is -2.35. The monoisotopic (exact) mass is 534 g/mol. The van der Waals surface area contributed by atoms with Crippen molar-refractivity contribution in [3.05, 3.63) is 103 Å². The van der Waals surface area contributed by atoms with E-state index in [4.69, 9.17) is 0 Å². The zero-order valence-corrected chi connectivity index (χ0v) is 22.1. The molecular weight excluding hydrogens is 504 g/mol. The summed E-state index contributed by atoms with van der Waals surface area (Å²) in [7, 11) is 1.83. The van der Waals surface area contributed by atoms with Crippen molar-refractivity contribution in [1.29, 1.82) is 0 Å². The number of aryl methyl sites for hydroxylation is 1. The Labute approximate surface area is 231 Å². The molecule has 0 saturated carbocycles. The van der Waals surface area contributed by atoms with Gasteiger partial charge in [-0.3, -0.25) is 9.59 Å². The number of anilines is 3. The van der Waals surface area contributed by atoms with E-state index in [-0.39, 0.29) is 17.9 Å². The summed E-state index contributed by atoms with van der Waals surface area (Å²) in [6, 6.07) is 24.4. The summed E-state index contributed by atoms with van der Waals surface area (Å²) in [5.41, 5.74) is 5.35. The minimum Gasteiger partial charge on any atom is -0.393 e. The number of nitrogens with one attached hydrogen (secondary N) is 2. The number of carbonyl (C=O) groups is 2. The van der Waals surface area contributed by atoms with E-state index in [2.05, 4.69) is 20.6 Å². The van der Waals surface area contributed by atoms with Gasteiger partial charge in [0.1, 0.15) is 5.69 Å². The molecule has 3 heterocycles. The first-order valence-electron chi connectivity index (χ1n) is 13.3. The largest absolute Gasteiger partial charge is 0.393 e. The average molecular weight is 535 g/mol. The number of nitrogens with zero attached hydrogens (tertiary/aromatic N) is 4. The molecule has 0 atom stereocenters. The Balaban J connectivity index is 1.12. The minimum absolute atomic E-state index is 0.168. The van der Waals surface area contributed by atoms with Gasteiger partial charge in [-0.15, -0.1) is 0 Å². The zero-order valence-electron chi connectivity index (χ0n) is 22.1. The number of hydrogen-bond donors (Lipinski definition) is 3. The van der Waals surface area contributed by atoms with Crippen LogP contribution >= 0.6 is 0 Å². The van der Waals surface area contributed by atoms with E-state index in [0.29, 0.717) is 22.6 Å². The topological polar surface area (TPSA) is 104 Å². The SMILES string of the molecule is Cn1cccc1C(=O)Nc1ccc(-n2ncc3cc(NC(=O)c4ccc(N5CCC(O)CC5)cc4)ccc32)cc1. The van der Waals surface area contributed by atoms with Crippen molar-refractivity contribution in [2.45, 2.75) is 18.9 Å². The highest BCUT2D eigenvalue weighted by Gasteiger charge is 2.18. The lowest BCUT2D eigenvalue weighted by molar-refractivity contribution is 0.101. The number of benzene rings is 3. The lowest BCUT2D eigenvalue weighted by atomic mass is 10.1. The number of rotatable bonds is 6. The van der Waals surface area contributed by atoms with Crippen LogP contribution in [0.15, 0.2) is 91.3 Å². The van der Waals surface area contributed by atoms with Crippen LogP contribution in [-0.2, 0) is 7.05 Å². The molecule has 3 N–H and O–H groups in total. The normalized spacial score (nSPS) is 13.9. The second-order valence-electron chi connectivity index (χ2n) is 10.1. The highest BCUT2D eigenvalue weighted by molar-refractivity contribution is 6.05. The molecule has 202 valence electrons. The van der Waals surface area contributed by atoms with Gasteiger partial charge in [-0.05, 0) is 91.7 Å². The third kappa shape index (κ3) is 5.19. The van der Waals surface area contributed by atoms with E-state index in [9.17, 15) is 14.7 Å². The molecule has 6 rings (SSSR count). The van der Waals surface area contributed by atoms with Crippen LogP contribution in [-0.4, -0.2) is 50.5 Å². The Hall–Kier alpha value is -4.89. The fourth-order valence-electron chi connectivity index (χ4n) is 5.05. The van der Waals surface area contributed by atoms with Crippen LogP contribution in [0.25, 0.3) is 16.6 Å². The number of hydrogen-bond acceptors (Lipinski definition) is 5. The summed E-state index contributed by atoms with van der Waals surface area (Å²) in [5, 5.41) is 21.1. The molecule has 1 fully saturated rings. The molecule has 40 heavy (non-hydrogen) atoms. The van der Waals surface area contributed by atoms with Gasteiger partial charge in [0.05, 0.1) is 23.5 Å². The van der Waals surface area contributed by atoms with Gasteiger partial charge in [0, 0.05) is 54.3 Å². The van der Waals surface area contributed by atoms with E-state index in [1.165, 1.54) is 0 Å². The summed E-state index contributed by atoms with van der Waals surface area (Å²) >= 11 is 0. The van der Waals surface area contributed by atoms with Gasteiger partial charge in [-0.1, -0.05) is 0 Å². The zero-order chi connectivity index (χ0) is 27.6. The number of fused-ring (bicyclic) bond motifs is 1.